The van der Waals surface area contributed by atoms with Crippen LogP contribution in [0.1, 0.15) is 6.92 Å². The Bertz CT molecular complexity index is 835. The summed E-state index contributed by atoms with van der Waals surface area (Å²) in [5, 5.41) is 11.6. The van der Waals surface area contributed by atoms with Crippen LogP contribution in [0.5, 0.6) is 0 Å². The van der Waals surface area contributed by atoms with Crippen molar-refractivity contribution in [3.63, 3.8) is 0 Å². The zero-order chi connectivity index (χ0) is 14.7. The summed E-state index contributed by atoms with van der Waals surface area (Å²) in [6.45, 7) is 2.62. The van der Waals surface area contributed by atoms with Gasteiger partial charge in [0.1, 0.15) is 0 Å². The number of para-hydroxylation sites is 2. The SMILES string of the molecule is C/C=C\C(C#N)=C/Cn1c2ccccc2c2ccccc21. The smallest absolute Gasteiger partial charge is 0.0988 e. The third kappa shape index (κ3) is 2.34. The normalized spacial score (nSPS) is 12.3. The number of hydrogen-bond donors (Lipinski definition) is 0. The molecule has 0 aliphatic carbocycles. The summed E-state index contributed by atoms with van der Waals surface area (Å²) in [4.78, 5) is 0. The quantitative estimate of drug-likeness (QED) is 0.496. The third-order valence-corrected chi connectivity index (χ3v) is 3.65. The monoisotopic (exact) mass is 272 g/mol. The lowest BCUT2D eigenvalue weighted by atomic mass is 10.2. The zero-order valence-corrected chi connectivity index (χ0v) is 12.0. The van der Waals surface area contributed by atoms with Crippen molar-refractivity contribution in [3.8, 4) is 6.07 Å². The largest absolute Gasteiger partial charge is 0.337 e. The number of fused-ring (bicyclic) bond motifs is 3. The Balaban J connectivity index is 2.19. The molecule has 0 spiro atoms. The molecule has 102 valence electrons. The van der Waals surface area contributed by atoms with Crippen LogP contribution in [0.4, 0.5) is 0 Å². The first kappa shape index (κ1) is 13.2. The van der Waals surface area contributed by atoms with E-state index in [2.05, 4.69) is 59.2 Å². The van der Waals surface area contributed by atoms with Crippen molar-refractivity contribution in [3.05, 3.63) is 72.3 Å². The fourth-order valence-electron chi connectivity index (χ4n) is 2.72. The second-order valence-electron chi connectivity index (χ2n) is 4.92. The average molecular weight is 272 g/mol. The molecule has 0 unspecified atom stereocenters. The van der Waals surface area contributed by atoms with E-state index in [9.17, 15) is 0 Å². The van der Waals surface area contributed by atoms with Crippen LogP contribution in [0, 0.1) is 11.3 Å². The molecule has 0 saturated carbocycles. The molecule has 0 aliphatic rings. The van der Waals surface area contributed by atoms with E-state index in [1.165, 1.54) is 21.8 Å². The molecule has 2 nitrogen and oxygen atoms in total. The lowest BCUT2D eigenvalue weighted by Gasteiger charge is -2.03. The van der Waals surface area contributed by atoms with Crippen LogP contribution in [-0.2, 0) is 6.54 Å². The van der Waals surface area contributed by atoms with Crippen molar-refractivity contribution < 1.29 is 0 Å². The van der Waals surface area contributed by atoms with E-state index in [4.69, 9.17) is 5.26 Å². The van der Waals surface area contributed by atoms with Crippen molar-refractivity contribution >= 4 is 21.8 Å². The second-order valence-corrected chi connectivity index (χ2v) is 4.92. The molecule has 2 aromatic carbocycles. The topological polar surface area (TPSA) is 28.7 Å². The number of benzene rings is 2. The lowest BCUT2D eigenvalue weighted by Crippen LogP contribution is -1.95. The molecule has 21 heavy (non-hydrogen) atoms. The van der Waals surface area contributed by atoms with E-state index in [0.29, 0.717) is 12.1 Å². The lowest BCUT2D eigenvalue weighted by molar-refractivity contribution is 0.896. The van der Waals surface area contributed by atoms with Crippen LogP contribution < -0.4 is 0 Å². The van der Waals surface area contributed by atoms with Gasteiger partial charge >= 0.3 is 0 Å². The number of allylic oxidation sites excluding steroid dienone is 4. The van der Waals surface area contributed by atoms with Gasteiger partial charge in [0.25, 0.3) is 0 Å². The van der Waals surface area contributed by atoms with Crippen LogP contribution in [0.3, 0.4) is 0 Å². The first-order valence-electron chi connectivity index (χ1n) is 7.04. The molecule has 1 aromatic heterocycles. The zero-order valence-electron chi connectivity index (χ0n) is 12.0. The van der Waals surface area contributed by atoms with Crippen LogP contribution in [-0.4, -0.2) is 4.57 Å². The van der Waals surface area contributed by atoms with Gasteiger partial charge in [0.2, 0.25) is 0 Å². The minimum atomic E-state index is 0.694. The van der Waals surface area contributed by atoms with Gasteiger partial charge in [0, 0.05) is 33.9 Å². The fraction of sp³-hybridized carbons (Fsp3) is 0.105. The van der Waals surface area contributed by atoms with Crippen molar-refractivity contribution in [2.75, 3.05) is 0 Å². The molecule has 0 fully saturated rings. The molecule has 0 atom stereocenters. The van der Waals surface area contributed by atoms with Crippen LogP contribution in [0.2, 0.25) is 0 Å². The summed E-state index contributed by atoms with van der Waals surface area (Å²) in [5.41, 5.74) is 3.10. The second kappa shape index (κ2) is 5.68. The Morgan fingerprint density at radius 1 is 1.05 bits per heavy atom. The van der Waals surface area contributed by atoms with Gasteiger partial charge in [0.05, 0.1) is 6.07 Å². The molecule has 0 aliphatic heterocycles. The predicted molar refractivity (Wildman–Crippen MR) is 88.0 cm³/mol. The van der Waals surface area contributed by atoms with E-state index in [1.54, 1.807) is 0 Å². The predicted octanol–water partition coefficient (Wildman–Crippen LogP) is 4.82. The highest BCUT2D eigenvalue weighted by Crippen LogP contribution is 2.28. The highest BCUT2D eigenvalue weighted by atomic mass is 15.0. The van der Waals surface area contributed by atoms with Crippen molar-refractivity contribution in [2.24, 2.45) is 0 Å². The Morgan fingerprint density at radius 2 is 1.62 bits per heavy atom. The molecular weight excluding hydrogens is 256 g/mol. The van der Waals surface area contributed by atoms with Gasteiger partial charge in [-0.2, -0.15) is 5.26 Å². The molecule has 3 aromatic rings. The van der Waals surface area contributed by atoms with E-state index in [1.807, 2.05) is 25.2 Å². The van der Waals surface area contributed by atoms with Crippen LogP contribution in [0.25, 0.3) is 21.8 Å². The molecule has 0 N–H and O–H groups in total. The standard InChI is InChI=1S/C19H16N2/c1-2-7-15(14-20)12-13-21-18-10-5-3-8-16(18)17-9-4-6-11-19(17)21/h2-12H,13H2,1H3/b7-2-,15-12+. The van der Waals surface area contributed by atoms with Crippen molar-refractivity contribution in [1.82, 2.24) is 4.57 Å². The van der Waals surface area contributed by atoms with E-state index in [0.717, 1.165) is 0 Å². The number of rotatable bonds is 3. The number of nitriles is 1. The Morgan fingerprint density at radius 3 is 2.14 bits per heavy atom. The average Bonchev–Trinajstić information content (AvgIpc) is 2.86. The van der Waals surface area contributed by atoms with E-state index >= 15 is 0 Å². The van der Waals surface area contributed by atoms with E-state index < -0.39 is 0 Å². The minimum absolute atomic E-state index is 0.694. The van der Waals surface area contributed by atoms with Crippen LogP contribution in [0.15, 0.2) is 72.3 Å². The number of aromatic nitrogens is 1. The first-order chi connectivity index (χ1) is 10.3. The summed E-state index contributed by atoms with van der Waals surface area (Å²) in [6, 6.07) is 19.0. The van der Waals surface area contributed by atoms with Gasteiger partial charge in [0.15, 0.2) is 0 Å². The first-order valence-corrected chi connectivity index (χ1v) is 7.04. The maximum atomic E-state index is 9.13. The summed E-state index contributed by atoms with van der Waals surface area (Å²) in [6.07, 6.45) is 5.70. The Labute approximate surface area is 124 Å². The summed E-state index contributed by atoms with van der Waals surface area (Å²) >= 11 is 0. The van der Waals surface area contributed by atoms with Gasteiger partial charge in [-0.1, -0.05) is 42.5 Å². The van der Waals surface area contributed by atoms with E-state index in [-0.39, 0.29) is 0 Å². The number of hydrogen-bond acceptors (Lipinski definition) is 1. The van der Waals surface area contributed by atoms with Gasteiger partial charge in [-0.3, -0.25) is 0 Å². The maximum Gasteiger partial charge on any atom is 0.0988 e. The van der Waals surface area contributed by atoms with Gasteiger partial charge in [-0.05, 0) is 31.2 Å². The third-order valence-electron chi connectivity index (χ3n) is 3.65. The van der Waals surface area contributed by atoms with Crippen molar-refractivity contribution in [1.29, 1.82) is 5.26 Å². The molecular formula is C19H16N2. The van der Waals surface area contributed by atoms with Gasteiger partial charge in [-0.25, -0.2) is 0 Å². The highest BCUT2D eigenvalue weighted by Gasteiger charge is 2.08. The summed E-state index contributed by atoms with van der Waals surface area (Å²) < 4.78 is 2.26. The highest BCUT2D eigenvalue weighted by molar-refractivity contribution is 6.07. The molecule has 0 radical (unpaired) electrons. The summed E-state index contributed by atoms with van der Waals surface area (Å²) in [5.74, 6) is 0. The molecule has 2 heteroatoms. The molecule has 3 rings (SSSR count). The maximum absolute atomic E-state index is 9.13. The van der Waals surface area contributed by atoms with Gasteiger partial charge < -0.3 is 4.57 Å². The molecule has 0 amide bonds. The summed E-state index contributed by atoms with van der Waals surface area (Å²) in [7, 11) is 0. The van der Waals surface area contributed by atoms with Crippen molar-refractivity contribution in [2.45, 2.75) is 13.5 Å². The fourth-order valence-corrected chi connectivity index (χ4v) is 2.72. The minimum Gasteiger partial charge on any atom is -0.337 e. The Hall–Kier alpha value is -2.79. The molecule has 0 bridgehead atoms. The van der Waals surface area contributed by atoms with Gasteiger partial charge in [-0.15, -0.1) is 0 Å². The molecule has 0 saturated heterocycles. The number of nitrogens with zero attached hydrogens (tertiary/aromatic N) is 2. The Kier molecular flexibility index (Phi) is 3.57. The molecule has 1 heterocycles. The van der Waals surface area contributed by atoms with Crippen LogP contribution >= 0.6 is 0 Å².